The highest BCUT2D eigenvalue weighted by Crippen LogP contribution is 2.41. The second-order valence-corrected chi connectivity index (χ2v) is 5.35. The first-order valence-electron chi connectivity index (χ1n) is 6.92. The first-order chi connectivity index (χ1) is 10.1. The Balaban J connectivity index is 2.07. The van der Waals surface area contributed by atoms with Crippen LogP contribution in [0.2, 0.25) is 0 Å². The van der Waals surface area contributed by atoms with Crippen molar-refractivity contribution in [3.8, 4) is 0 Å². The van der Waals surface area contributed by atoms with Gasteiger partial charge in [-0.05, 0) is 36.1 Å². The zero-order valence-corrected chi connectivity index (χ0v) is 11.3. The van der Waals surface area contributed by atoms with Crippen molar-refractivity contribution in [2.45, 2.75) is 30.9 Å². The van der Waals surface area contributed by atoms with E-state index in [0.29, 0.717) is 24.1 Å². The fraction of sp³-hybridized carbons (Fsp3) is 0.312. The molecule has 0 unspecified atom stereocenters. The van der Waals surface area contributed by atoms with Gasteiger partial charge in [0, 0.05) is 18.2 Å². The van der Waals surface area contributed by atoms with E-state index in [9.17, 15) is 13.9 Å². The lowest BCUT2D eigenvalue weighted by Gasteiger charge is -2.23. The smallest absolute Gasteiger partial charge is 0.162 e. The first-order valence-corrected chi connectivity index (χ1v) is 6.92. The molecule has 0 fully saturated rings. The van der Waals surface area contributed by atoms with Crippen LogP contribution in [0, 0.1) is 11.6 Å². The Morgan fingerprint density at radius 2 is 1.86 bits per heavy atom. The third-order valence-corrected chi connectivity index (χ3v) is 4.11. The Hall–Kier alpha value is -1.85. The Labute approximate surface area is 121 Å². The molecule has 21 heavy (non-hydrogen) atoms. The van der Waals surface area contributed by atoms with Gasteiger partial charge in [-0.2, -0.15) is 0 Å². The summed E-state index contributed by atoms with van der Waals surface area (Å²) in [6, 6.07) is 7.11. The molecule has 0 bridgehead atoms. The fourth-order valence-corrected chi connectivity index (χ4v) is 3.02. The molecule has 110 valence electrons. The first kappa shape index (κ1) is 14.1. The molecular weight excluding hydrogens is 274 g/mol. The normalized spacial score (nSPS) is 25.2. The minimum absolute atomic E-state index is 0.256. The maximum atomic E-state index is 14.1. The SMILES string of the molecule is N[C@@H]1c2cccnc2[C@H](O)CC[C@@H]1c1cccc(F)c1F. The number of nitrogens with zero attached hydrogens (tertiary/aromatic N) is 1. The highest BCUT2D eigenvalue weighted by Gasteiger charge is 2.32. The van der Waals surface area contributed by atoms with Crippen molar-refractivity contribution in [1.29, 1.82) is 0 Å². The monoisotopic (exact) mass is 290 g/mol. The summed E-state index contributed by atoms with van der Waals surface area (Å²) in [6.45, 7) is 0. The van der Waals surface area contributed by atoms with E-state index in [1.807, 2.05) is 0 Å². The highest BCUT2D eigenvalue weighted by molar-refractivity contribution is 5.33. The molecule has 0 aliphatic heterocycles. The summed E-state index contributed by atoms with van der Waals surface area (Å²) in [5, 5.41) is 10.2. The summed E-state index contributed by atoms with van der Waals surface area (Å²) in [5.74, 6) is -2.13. The lowest BCUT2D eigenvalue weighted by atomic mass is 9.86. The van der Waals surface area contributed by atoms with Crippen molar-refractivity contribution in [3.63, 3.8) is 0 Å². The van der Waals surface area contributed by atoms with Gasteiger partial charge >= 0.3 is 0 Å². The van der Waals surface area contributed by atoms with E-state index in [-0.39, 0.29) is 11.5 Å². The average molecular weight is 290 g/mol. The van der Waals surface area contributed by atoms with Crippen LogP contribution in [0.1, 0.15) is 47.7 Å². The van der Waals surface area contributed by atoms with Crippen LogP contribution in [0.3, 0.4) is 0 Å². The third-order valence-electron chi connectivity index (χ3n) is 4.11. The topological polar surface area (TPSA) is 59.1 Å². The second kappa shape index (κ2) is 5.50. The van der Waals surface area contributed by atoms with Crippen LogP contribution >= 0.6 is 0 Å². The van der Waals surface area contributed by atoms with E-state index >= 15 is 0 Å². The van der Waals surface area contributed by atoms with E-state index in [1.54, 1.807) is 24.4 Å². The molecule has 3 rings (SSSR count). The van der Waals surface area contributed by atoms with Crippen molar-refractivity contribution in [2.75, 3.05) is 0 Å². The maximum Gasteiger partial charge on any atom is 0.162 e. The molecule has 3 N–H and O–H groups in total. The van der Waals surface area contributed by atoms with Crippen molar-refractivity contribution < 1.29 is 13.9 Å². The average Bonchev–Trinajstić information content (AvgIpc) is 2.62. The van der Waals surface area contributed by atoms with Gasteiger partial charge in [0.1, 0.15) is 0 Å². The van der Waals surface area contributed by atoms with Crippen LogP contribution in [-0.2, 0) is 0 Å². The van der Waals surface area contributed by atoms with Crippen LogP contribution in [0.25, 0.3) is 0 Å². The predicted molar refractivity (Wildman–Crippen MR) is 74.5 cm³/mol. The number of hydrogen-bond donors (Lipinski definition) is 2. The Morgan fingerprint density at radius 3 is 2.67 bits per heavy atom. The van der Waals surface area contributed by atoms with Crippen LogP contribution in [0.15, 0.2) is 36.5 Å². The van der Waals surface area contributed by atoms with E-state index < -0.39 is 23.8 Å². The number of hydrogen-bond acceptors (Lipinski definition) is 3. The molecule has 0 saturated heterocycles. The summed E-state index contributed by atoms with van der Waals surface area (Å²) >= 11 is 0. The predicted octanol–water partition coefficient (Wildman–Crippen LogP) is 2.97. The standard InChI is InChI=1S/C16H16F2N2O/c17-12-5-1-3-9(14(12)18)10-6-7-13(21)16-11(15(10)19)4-2-8-20-16/h1-5,8,10,13,15,21H,6-7,19H2/t10-,13-,15+/m1/s1. The summed E-state index contributed by atoms with van der Waals surface area (Å²) in [7, 11) is 0. The van der Waals surface area contributed by atoms with Crippen LogP contribution in [-0.4, -0.2) is 10.1 Å². The number of benzene rings is 1. The van der Waals surface area contributed by atoms with Crippen molar-refractivity contribution in [2.24, 2.45) is 5.73 Å². The van der Waals surface area contributed by atoms with Crippen LogP contribution < -0.4 is 5.73 Å². The summed E-state index contributed by atoms with van der Waals surface area (Å²) in [5.41, 5.74) is 7.74. The molecule has 5 heteroatoms. The molecule has 0 saturated carbocycles. The van der Waals surface area contributed by atoms with E-state index in [0.717, 1.165) is 6.07 Å². The number of rotatable bonds is 1. The minimum Gasteiger partial charge on any atom is -0.387 e. The van der Waals surface area contributed by atoms with Gasteiger partial charge in [0.2, 0.25) is 0 Å². The van der Waals surface area contributed by atoms with Crippen LogP contribution in [0.5, 0.6) is 0 Å². The minimum atomic E-state index is -0.879. The van der Waals surface area contributed by atoms with Gasteiger partial charge in [-0.25, -0.2) is 8.78 Å². The van der Waals surface area contributed by atoms with Crippen LogP contribution in [0.4, 0.5) is 8.78 Å². The molecule has 1 aliphatic carbocycles. The van der Waals surface area contributed by atoms with E-state index in [1.165, 1.54) is 6.07 Å². The Kier molecular flexibility index (Phi) is 3.69. The Bertz CT molecular complexity index is 662. The van der Waals surface area contributed by atoms with Gasteiger partial charge in [-0.3, -0.25) is 4.98 Å². The molecule has 2 aromatic rings. The van der Waals surface area contributed by atoms with Crippen molar-refractivity contribution in [1.82, 2.24) is 4.98 Å². The number of fused-ring (bicyclic) bond motifs is 1. The maximum absolute atomic E-state index is 14.1. The lowest BCUT2D eigenvalue weighted by Crippen LogP contribution is -2.21. The molecule has 0 radical (unpaired) electrons. The van der Waals surface area contributed by atoms with Gasteiger partial charge in [0.05, 0.1) is 11.8 Å². The molecule has 1 heterocycles. The number of halogens is 2. The Morgan fingerprint density at radius 1 is 1.10 bits per heavy atom. The van der Waals surface area contributed by atoms with Crippen molar-refractivity contribution in [3.05, 3.63) is 65.0 Å². The zero-order valence-electron chi connectivity index (χ0n) is 11.3. The molecule has 1 aromatic carbocycles. The number of aliphatic hydroxyl groups is 1. The van der Waals surface area contributed by atoms with Gasteiger partial charge < -0.3 is 10.8 Å². The third kappa shape index (κ3) is 2.43. The van der Waals surface area contributed by atoms with E-state index in [4.69, 9.17) is 5.73 Å². The van der Waals surface area contributed by atoms with Gasteiger partial charge in [-0.15, -0.1) is 0 Å². The number of aromatic nitrogens is 1. The molecule has 0 spiro atoms. The van der Waals surface area contributed by atoms with E-state index in [2.05, 4.69) is 4.98 Å². The molecule has 0 amide bonds. The quantitative estimate of drug-likeness (QED) is 0.794. The molecule has 3 atom stereocenters. The molecule has 3 nitrogen and oxygen atoms in total. The summed E-state index contributed by atoms with van der Waals surface area (Å²) in [4.78, 5) is 4.18. The van der Waals surface area contributed by atoms with Crippen molar-refractivity contribution >= 4 is 0 Å². The molecule has 1 aliphatic rings. The van der Waals surface area contributed by atoms with Gasteiger partial charge in [0.25, 0.3) is 0 Å². The molecular formula is C16H16F2N2O. The largest absolute Gasteiger partial charge is 0.387 e. The van der Waals surface area contributed by atoms with Gasteiger partial charge in [0.15, 0.2) is 11.6 Å². The lowest BCUT2D eigenvalue weighted by molar-refractivity contribution is 0.160. The number of pyridine rings is 1. The second-order valence-electron chi connectivity index (χ2n) is 5.35. The summed E-state index contributed by atoms with van der Waals surface area (Å²) < 4.78 is 27.5. The zero-order chi connectivity index (χ0) is 15.0. The van der Waals surface area contributed by atoms with Gasteiger partial charge in [-0.1, -0.05) is 18.2 Å². The highest BCUT2D eigenvalue weighted by atomic mass is 19.2. The fourth-order valence-electron chi connectivity index (χ4n) is 3.02. The number of aliphatic hydroxyl groups excluding tert-OH is 1. The summed E-state index contributed by atoms with van der Waals surface area (Å²) in [6.07, 6.45) is 1.75. The molecule has 1 aromatic heterocycles. The number of nitrogens with two attached hydrogens (primary N) is 1.